The number of nitrogens with zero attached hydrogens (tertiary/aromatic N) is 2. The van der Waals surface area contributed by atoms with Crippen molar-refractivity contribution in [3.05, 3.63) is 104 Å². The Hall–Kier alpha value is -4.16. The number of nitrogens with one attached hydrogen (secondary N) is 1. The fraction of sp³-hybridized carbons (Fsp3) is 0.185. The second kappa shape index (κ2) is 12.5. The van der Waals surface area contributed by atoms with E-state index in [9.17, 15) is 20.2 Å². The van der Waals surface area contributed by atoms with Crippen molar-refractivity contribution in [1.29, 1.82) is 5.26 Å². The summed E-state index contributed by atoms with van der Waals surface area (Å²) in [6, 6.07) is 20.6. The molecule has 3 aromatic carbocycles. The summed E-state index contributed by atoms with van der Waals surface area (Å²) in [4.78, 5) is 23.1. The van der Waals surface area contributed by atoms with Crippen LogP contribution in [0.1, 0.15) is 36.6 Å². The molecular weight excluding hydrogens is 526 g/mol. The van der Waals surface area contributed by atoms with E-state index in [2.05, 4.69) is 21.2 Å². The minimum absolute atomic E-state index is 0.00290. The number of non-ortho nitro benzene ring substituents is 1. The topological polar surface area (TPSA) is 114 Å². The zero-order valence-electron chi connectivity index (χ0n) is 19.7. The van der Waals surface area contributed by atoms with Crippen LogP contribution in [0.3, 0.4) is 0 Å². The highest BCUT2D eigenvalue weighted by Crippen LogP contribution is 2.35. The van der Waals surface area contributed by atoms with Crippen LogP contribution in [0.5, 0.6) is 11.5 Å². The predicted molar refractivity (Wildman–Crippen MR) is 139 cm³/mol. The molecule has 184 valence electrons. The van der Waals surface area contributed by atoms with Gasteiger partial charge in [0.15, 0.2) is 11.5 Å². The maximum atomic E-state index is 12.8. The average molecular weight is 550 g/mol. The summed E-state index contributed by atoms with van der Waals surface area (Å²) in [5.41, 5.74) is 2.19. The molecule has 0 saturated carbocycles. The van der Waals surface area contributed by atoms with Gasteiger partial charge in [-0.1, -0.05) is 46.3 Å². The molecule has 3 aromatic rings. The van der Waals surface area contributed by atoms with E-state index in [1.807, 2.05) is 50.2 Å². The maximum Gasteiger partial charge on any atom is 0.269 e. The number of nitriles is 1. The van der Waals surface area contributed by atoms with Gasteiger partial charge in [-0.05, 0) is 60.9 Å². The molecule has 0 aliphatic heterocycles. The quantitative estimate of drug-likeness (QED) is 0.141. The van der Waals surface area contributed by atoms with Crippen molar-refractivity contribution in [2.75, 3.05) is 6.61 Å². The van der Waals surface area contributed by atoms with Gasteiger partial charge >= 0.3 is 0 Å². The number of halogens is 1. The fourth-order valence-corrected chi connectivity index (χ4v) is 3.76. The first-order valence-electron chi connectivity index (χ1n) is 11.1. The summed E-state index contributed by atoms with van der Waals surface area (Å²) in [5, 5.41) is 23.3. The maximum absolute atomic E-state index is 12.8. The molecule has 0 aliphatic carbocycles. The van der Waals surface area contributed by atoms with Crippen molar-refractivity contribution in [1.82, 2.24) is 5.32 Å². The molecule has 9 heteroatoms. The zero-order valence-corrected chi connectivity index (χ0v) is 21.3. The van der Waals surface area contributed by atoms with E-state index < -0.39 is 10.8 Å². The van der Waals surface area contributed by atoms with Crippen LogP contribution >= 0.6 is 15.9 Å². The Bertz CT molecular complexity index is 1300. The molecule has 0 bridgehead atoms. The van der Waals surface area contributed by atoms with Gasteiger partial charge in [-0.15, -0.1) is 0 Å². The Morgan fingerprint density at radius 2 is 1.81 bits per heavy atom. The number of carbonyl (C=O) groups excluding carboxylic acids is 1. The number of benzene rings is 3. The van der Waals surface area contributed by atoms with Gasteiger partial charge in [0.2, 0.25) is 0 Å². The highest BCUT2D eigenvalue weighted by molar-refractivity contribution is 9.10. The van der Waals surface area contributed by atoms with Crippen molar-refractivity contribution in [3.63, 3.8) is 0 Å². The molecule has 0 aromatic heterocycles. The predicted octanol–water partition coefficient (Wildman–Crippen LogP) is 6.12. The van der Waals surface area contributed by atoms with Gasteiger partial charge in [-0.2, -0.15) is 5.26 Å². The Labute approximate surface area is 217 Å². The summed E-state index contributed by atoms with van der Waals surface area (Å²) in [5.74, 6) is 0.390. The number of carbonyl (C=O) groups is 1. The summed E-state index contributed by atoms with van der Waals surface area (Å²) >= 11 is 3.48. The lowest BCUT2D eigenvalue weighted by Crippen LogP contribution is -2.27. The molecule has 0 spiro atoms. The lowest BCUT2D eigenvalue weighted by Gasteiger charge is -2.15. The van der Waals surface area contributed by atoms with Crippen LogP contribution in [-0.2, 0) is 11.4 Å². The van der Waals surface area contributed by atoms with Crippen LogP contribution < -0.4 is 14.8 Å². The number of hydrogen-bond acceptors (Lipinski definition) is 6. The van der Waals surface area contributed by atoms with Gasteiger partial charge in [-0.3, -0.25) is 14.9 Å². The van der Waals surface area contributed by atoms with Crippen LogP contribution in [-0.4, -0.2) is 17.4 Å². The molecule has 1 atom stereocenters. The molecule has 36 heavy (non-hydrogen) atoms. The average Bonchev–Trinajstić information content (AvgIpc) is 2.88. The molecule has 8 nitrogen and oxygen atoms in total. The van der Waals surface area contributed by atoms with Crippen molar-refractivity contribution in [3.8, 4) is 17.6 Å². The molecule has 1 amide bonds. The van der Waals surface area contributed by atoms with Crippen molar-refractivity contribution in [2.24, 2.45) is 0 Å². The van der Waals surface area contributed by atoms with Gasteiger partial charge < -0.3 is 14.8 Å². The summed E-state index contributed by atoms with van der Waals surface area (Å²) in [6.07, 6.45) is 1.49. The second-order valence-corrected chi connectivity index (χ2v) is 8.60. The zero-order chi connectivity index (χ0) is 26.1. The highest BCUT2D eigenvalue weighted by atomic mass is 79.9. The standard InChI is InChI=1S/C27H24BrN3O5/c1-3-35-25-14-21(13-22(16-29)27(32)30-18(2)20-7-5-4-6-8-20)24(28)15-26(25)36-17-19-9-11-23(12-10-19)31(33)34/h4-15,18H,3,17H2,1-2H3,(H,30,32)/b22-13-/t18-/m1/s1. The van der Waals surface area contributed by atoms with Crippen LogP contribution in [0, 0.1) is 21.4 Å². The molecule has 0 radical (unpaired) electrons. The van der Waals surface area contributed by atoms with Crippen LogP contribution in [0.25, 0.3) is 6.08 Å². The minimum atomic E-state index is -0.489. The largest absolute Gasteiger partial charge is 0.490 e. The first kappa shape index (κ1) is 26.4. The van der Waals surface area contributed by atoms with E-state index in [1.54, 1.807) is 24.3 Å². The molecule has 1 N–H and O–H groups in total. The summed E-state index contributed by atoms with van der Waals surface area (Å²) in [6.45, 7) is 4.22. The molecule has 0 heterocycles. The number of amides is 1. The van der Waals surface area contributed by atoms with Gasteiger partial charge in [0.1, 0.15) is 18.2 Å². The molecule has 0 aliphatic rings. The van der Waals surface area contributed by atoms with Gasteiger partial charge in [0.05, 0.1) is 17.6 Å². The Kier molecular flexibility index (Phi) is 9.19. The number of hydrogen-bond donors (Lipinski definition) is 1. The van der Waals surface area contributed by atoms with E-state index in [0.29, 0.717) is 28.1 Å². The Balaban J connectivity index is 1.80. The number of rotatable bonds is 10. The Morgan fingerprint density at radius 3 is 2.42 bits per heavy atom. The lowest BCUT2D eigenvalue weighted by atomic mass is 10.1. The highest BCUT2D eigenvalue weighted by Gasteiger charge is 2.16. The van der Waals surface area contributed by atoms with Crippen molar-refractivity contribution in [2.45, 2.75) is 26.5 Å². The number of ether oxygens (including phenoxy) is 2. The normalized spacial score (nSPS) is 11.8. The molecule has 0 fully saturated rings. The smallest absolute Gasteiger partial charge is 0.269 e. The van der Waals surface area contributed by atoms with E-state index in [1.165, 1.54) is 18.2 Å². The monoisotopic (exact) mass is 549 g/mol. The van der Waals surface area contributed by atoms with E-state index >= 15 is 0 Å². The third-order valence-electron chi connectivity index (χ3n) is 5.22. The van der Waals surface area contributed by atoms with Gasteiger partial charge in [0.25, 0.3) is 11.6 Å². The van der Waals surface area contributed by atoms with E-state index in [4.69, 9.17) is 9.47 Å². The number of nitro groups is 1. The van der Waals surface area contributed by atoms with Crippen LogP contribution in [0.15, 0.2) is 76.8 Å². The molecule has 3 rings (SSSR count). The van der Waals surface area contributed by atoms with E-state index in [-0.39, 0.29) is 23.9 Å². The van der Waals surface area contributed by atoms with Gasteiger partial charge in [-0.25, -0.2) is 0 Å². The van der Waals surface area contributed by atoms with Crippen LogP contribution in [0.4, 0.5) is 5.69 Å². The van der Waals surface area contributed by atoms with Crippen LogP contribution in [0.2, 0.25) is 0 Å². The second-order valence-electron chi connectivity index (χ2n) is 7.74. The third-order valence-corrected chi connectivity index (χ3v) is 5.90. The first-order valence-corrected chi connectivity index (χ1v) is 11.9. The summed E-state index contributed by atoms with van der Waals surface area (Å²) < 4.78 is 12.2. The SMILES string of the molecule is CCOc1cc(/C=C(/C#N)C(=O)N[C@H](C)c2ccccc2)c(Br)cc1OCc1ccc([N+](=O)[O-])cc1. The molecule has 0 saturated heterocycles. The molecular formula is C27H24BrN3O5. The van der Waals surface area contributed by atoms with E-state index in [0.717, 1.165) is 11.1 Å². The fourth-order valence-electron chi connectivity index (χ4n) is 3.32. The Morgan fingerprint density at radius 1 is 1.14 bits per heavy atom. The van der Waals surface area contributed by atoms with Crippen molar-refractivity contribution >= 4 is 33.6 Å². The minimum Gasteiger partial charge on any atom is -0.490 e. The lowest BCUT2D eigenvalue weighted by molar-refractivity contribution is -0.384. The molecule has 0 unspecified atom stereocenters. The van der Waals surface area contributed by atoms with Crippen molar-refractivity contribution < 1.29 is 19.2 Å². The first-order chi connectivity index (χ1) is 17.3. The summed E-state index contributed by atoms with van der Waals surface area (Å²) in [7, 11) is 0. The number of nitro benzene ring substituents is 1. The third kappa shape index (κ3) is 6.93. The van der Waals surface area contributed by atoms with Gasteiger partial charge in [0, 0.05) is 16.6 Å².